The highest BCUT2D eigenvalue weighted by atomic mass is 35.5. The molecule has 0 heterocycles. The van der Waals surface area contributed by atoms with Gasteiger partial charge in [-0.3, -0.25) is 4.79 Å². The number of amides is 1. The van der Waals surface area contributed by atoms with Gasteiger partial charge in [-0.25, -0.2) is 0 Å². The predicted molar refractivity (Wildman–Crippen MR) is 89.4 cm³/mol. The average Bonchev–Trinajstić information content (AvgIpc) is 3.12. The predicted octanol–water partition coefficient (Wildman–Crippen LogP) is 3.04. The molecule has 4 atom stereocenters. The van der Waals surface area contributed by atoms with Gasteiger partial charge in [-0.1, -0.05) is 12.1 Å². The molecule has 0 saturated heterocycles. The van der Waals surface area contributed by atoms with Crippen LogP contribution in [-0.2, 0) is 11.3 Å². The Balaban J connectivity index is 0.00000225. The lowest BCUT2D eigenvalue weighted by molar-refractivity contribution is -0.153. The van der Waals surface area contributed by atoms with Crippen LogP contribution in [0.4, 0.5) is 13.2 Å². The van der Waals surface area contributed by atoms with E-state index in [1.807, 2.05) is 0 Å². The molecule has 8 heteroatoms. The van der Waals surface area contributed by atoms with Crippen molar-refractivity contribution in [2.75, 3.05) is 6.61 Å². The standard InChI is InChI=1S/C17H21F3N2O2.ClH/c18-17(19,20)9-24-13-5-1-10(2-6-13)8-22-16(23)14-11-3-4-12(7-11)15(14)21;/h1-2,5-6,11-12,14-15H,3-4,7-9,21H2,(H,22,23);1H. The number of ether oxygens (including phenoxy) is 1. The third kappa shape index (κ3) is 4.79. The lowest BCUT2D eigenvalue weighted by atomic mass is 9.84. The number of nitrogens with one attached hydrogen (secondary N) is 1. The second-order valence-electron chi connectivity index (χ2n) is 6.70. The highest BCUT2D eigenvalue weighted by Crippen LogP contribution is 2.47. The summed E-state index contributed by atoms with van der Waals surface area (Å²) >= 11 is 0. The van der Waals surface area contributed by atoms with E-state index in [-0.39, 0.29) is 36.0 Å². The Labute approximate surface area is 150 Å². The molecule has 1 aromatic rings. The highest BCUT2D eigenvalue weighted by Gasteiger charge is 2.48. The summed E-state index contributed by atoms with van der Waals surface area (Å²) in [6.45, 7) is -0.982. The molecule has 25 heavy (non-hydrogen) atoms. The van der Waals surface area contributed by atoms with E-state index in [1.165, 1.54) is 12.1 Å². The lowest BCUT2D eigenvalue weighted by Crippen LogP contribution is -2.45. The van der Waals surface area contributed by atoms with Crippen molar-refractivity contribution in [2.24, 2.45) is 23.5 Å². The van der Waals surface area contributed by atoms with Crippen molar-refractivity contribution >= 4 is 18.3 Å². The molecule has 140 valence electrons. The monoisotopic (exact) mass is 378 g/mol. The summed E-state index contributed by atoms with van der Waals surface area (Å²) < 4.78 is 40.9. The summed E-state index contributed by atoms with van der Waals surface area (Å²) in [6.07, 6.45) is -1.12. The van der Waals surface area contributed by atoms with Crippen LogP contribution in [0.1, 0.15) is 24.8 Å². The van der Waals surface area contributed by atoms with E-state index in [9.17, 15) is 18.0 Å². The number of fused-ring (bicyclic) bond motifs is 2. The first-order valence-corrected chi connectivity index (χ1v) is 8.15. The number of hydrogen-bond acceptors (Lipinski definition) is 3. The molecule has 1 amide bonds. The molecule has 2 aliphatic carbocycles. The first kappa shape index (κ1) is 19.8. The molecule has 2 bridgehead atoms. The van der Waals surface area contributed by atoms with Gasteiger partial charge in [0.2, 0.25) is 5.91 Å². The van der Waals surface area contributed by atoms with E-state index in [0.717, 1.165) is 24.8 Å². The largest absolute Gasteiger partial charge is 0.484 e. The SMILES string of the molecule is Cl.NC1C2CCC(C2)C1C(=O)NCc1ccc(OCC(F)(F)F)cc1. The Morgan fingerprint density at radius 1 is 1.20 bits per heavy atom. The highest BCUT2D eigenvalue weighted by molar-refractivity contribution is 5.85. The number of benzene rings is 1. The van der Waals surface area contributed by atoms with Crippen LogP contribution in [0.15, 0.2) is 24.3 Å². The number of nitrogens with two attached hydrogens (primary N) is 1. The van der Waals surface area contributed by atoms with E-state index < -0.39 is 12.8 Å². The summed E-state index contributed by atoms with van der Waals surface area (Å²) in [7, 11) is 0. The Hall–Kier alpha value is -1.47. The Morgan fingerprint density at radius 3 is 2.40 bits per heavy atom. The van der Waals surface area contributed by atoms with Crippen LogP contribution >= 0.6 is 12.4 Å². The smallest absolute Gasteiger partial charge is 0.422 e. The zero-order valence-electron chi connectivity index (χ0n) is 13.6. The molecule has 0 aliphatic heterocycles. The van der Waals surface area contributed by atoms with Crippen LogP contribution < -0.4 is 15.8 Å². The summed E-state index contributed by atoms with van der Waals surface area (Å²) in [5.74, 6) is 0.877. The van der Waals surface area contributed by atoms with Crippen molar-refractivity contribution in [1.29, 1.82) is 0 Å². The molecular formula is C17H22ClF3N2O2. The van der Waals surface area contributed by atoms with Crippen LogP contribution in [0.25, 0.3) is 0 Å². The minimum Gasteiger partial charge on any atom is -0.484 e. The van der Waals surface area contributed by atoms with Crippen LogP contribution in [-0.4, -0.2) is 24.7 Å². The molecule has 3 rings (SSSR count). The van der Waals surface area contributed by atoms with Gasteiger partial charge in [-0.2, -0.15) is 13.2 Å². The van der Waals surface area contributed by atoms with Crippen molar-refractivity contribution in [3.63, 3.8) is 0 Å². The van der Waals surface area contributed by atoms with E-state index >= 15 is 0 Å². The first-order valence-electron chi connectivity index (χ1n) is 8.15. The van der Waals surface area contributed by atoms with Crippen molar-refractivity contribution in [3.05, 3.63) is 29.8 Å². The molecule has 4 unspecified atom stereocenters. The molecule has 0 spiro atoms. The van der Waals surface area contributed by atoms with E-state index in [0.29, 0.717) is 18.4 Å². The van der Waals surface area contributed by atoms with Gasteiger partial charge in [-0.15, -0.1) is 12.4 Å². The topological polar surface area (TPSA) is 64.4 Å². The Kier molecular flexibility index (Phi) is 6.21. The summed E-state index contributed by atoms with van der Waals surface area (Å²) in [6, 6.07) is 6.17. The second kappa shape index (κ2) is 7.83. The molecular weight excluding hydrogens is 357 g/mol. The summed E-state index contributed by atoms with van der Waals surface area (Å²) in [5.41, 5.74) is 6.96. The molecule has 4 nitrogen and oxygen atoms in total. The number of carbonyl (C=O) groups is 1. The number of halogens is 4. The van der Waals surface area contributed by atoms with E-state index in [1.54, 1.807) is 12.1 Å². The van der Waals surface area contributed by atoms with Crippen LogP contribution in [0.2, 0.25) is 0 Å². The second-order valence-corrected chi connectivity index (χ2v) is 6.70. The lowest BCUT2D eigenvalue weighted by Gasteiger charge is -2.27. The fourth-order valence-electron chi connectivity index (χ4n) is 3.90. The van der Waals surface area contributed by atoms with E-state index in [2.05, 4.69) is 10.1 Å². The number of hydrogen-bond donors (Lipinski definition) is 2. The molecule has 3 N–H and O–H groups in total. The maximum atomic E-state index is 12.4. The third-order valence-electron chi connectivity index (χ3n) is 5.08. The maximum absolute atomic E-state index is 12.4. The van der Waals surface area contributed by atoms with Crippen LogP contribution in [0.5, 0.6) is 5.75 Å². The fourth-order valence-corrected chi connectivity index (χ4v) is 3.90. The molecule has 0 aromatic heterocycles. The van der Waals surface area contributed by atoms with Crippen molar-refractivity contribution in [2.45, 2.75) is 38.0 Å². The summed E-state index contributed by atoms with van der Waals surface area (Å²) in [4.78, 5) is 12.4. The van der Waals surface area contributed by atoms with Crippen LogP contribution in [0.3, 0.4) is 0 Å². The zero-order chi connectivity index (χ0) is 17.3. The molecule has 2 fully saturated rings. The van der Waals surface area contributed by atoms with Crippen molar-refractivity contribution in [3.8, 4) is 5.75 Å². The van der Waals surface area contributed by atoms with Gasteiger partial charge in [0, 0.05) is 12.6 Å². The Bertz CT molecular complexity index is 593. The zero-order valence-corrected chi connectivity index (χ0v) is 14.4. The molecule has 1 aromatic carbocycles. The third-order valence-corrected chi connectivity index (χ3v) is 5.08. The molecule has 0 radical (unpaired) electrons. The quantitative estimate of drug-likeness (QED) is 0.827. The number of rotatable bonds is 5. The van der Waals surface area contributed by atoms with Gasteiger partial charge in [0.1, 0.15) is 5.75 Å². The van der Waals surface area contributed by atoms with Crippen molar-refractivity contribution in [1.82, 2.24) is 5.32 Å². The van der Waals surface area contributed by atoms with Gasteiger partial charge in [0.25, 0.3) is 0 Å². The normalized spacial score (nSPS) is 27.7. The minimum atomic E-state index is -4.36. The van der Waals surface area contributed by atoms with Gasteiger partial charge in [0.15, 0.2) is 6.61 Å². The fraction of sp³-hybridized carbons (Fsp3) is 0.588. The van der Waals surface area contributed by atoms with Gasteiger partial charge < -0.3 is 15.8 Å². The molecule has 2 saturated carbocycles. The molecule has 2 aliphatic rings. The maximum Gasteiger partial charge on any atom is 0.422 e. The van der Waals surface area contributed by atoms with Gasteiger partial charge in [0.05, 0.1) is 5.92 Å². The van der Waals surface area contributed by atoms with E-state index in [4.69, 9.17) is 5.73 Å². The Morgan fingerprint density at radius 2 is 1.84 bits per heavy atom. The summed E-state index contributed by atoms with van der Waals surface area (Å²) in [5, 5.41) is 2.89. The minimum absolute atomic E-state index is 0. The first-order chi connectivity index (χ1) is 11.3. The average molecular weight is 379 g/mol. The number of alkyl halides is 3. The van der Waals surface area contributed by atoms with Crippen molar-refractivity contribution < 1.29 is 22.7 Å². The van der Waals surface area contributed by atoms with Gasteiger partial charge in [-0.05, 0) is 48.8 Å². The number of carbonyl (C=O) groups excluding carboxylic acids is 1. The van der Waals surface area contributed by atoms with Crippen LogP contribution in [0, 0.1) is 17.8 Å². The van der Waals surface area contributed by atoms with Gasteiger partial charge >= 0.3 is 6.18 Å².